The number of benzene rings is 1. The Hall–Kier alpha value is -1.22. The van der Waals surface area contributed by atoms with Gasteiger partial charge >= 0.3 is 0 Å². The number of hydrogen-bond acceptors (Lipinski definition) is 3. The van der Waals surface area contributed by atoms with Gasteiger partial charge in [-0.25, -0.2) is 0 Å². The molecule has 0 saturated heterocycles. The Bertz CT molecular complexity index is 290. The second-order valence-corrected chi connectivity index (χ2v) is 3.76. The van der Waals surface area contributed by atoms with Crippen molar-refractivity contribution in [1.29, 1.82) is 0 Å². The van der Waals surface area contributed by atoms with Crippen LogP contribution in [0.15, 0.2) is 18.2 Å². The maximum absolute atomic E-state index is 5.80. The Morgan fingerprint density at radius 2 is 2.00 bits per heavy atom. The fourth-order valence-electron chi connectivity index (χ4n) is 1.30. The second kappa shape index (κ2) is 5.61. The Morgan fingerprint density at radius 3 is 2.60 bits per heavy atom. The minimum Gasteiger partial charge on any atom is -0.489 e. The van der Waals surface area contributed by atoms with E-state index >= 15 is 0 Å². The van der Waals surface area contributed by atoms with Gasteiger partial charge < -0.3 is 15.2 Å². The van der Waals surface area contributed by atoms with E-state index in [0.29, 0.717) is 18.9 Å². The monoisotopic (exact) mass is 209 g/mol. The first kappa shape index (κ1) is 11.9. The first-order valence-corrected chi connectivity index (χ1v) is 5.20. The van der Waals surface area contributed by atoms with Gasteiger partial charge in [0, 0.05) is 0 Å². The van der Waals surface area contributed by atoms with Crippen LogP contribution in [0.4, 0.5) is 5.69 Å². The van der Waals surface area contributed by atoms with Gasteiger partial charge in [0.1, 0.15) is 12.4 Å². The maximum atomic E-state index is 5.80. The van der Waals surface area contributed by atoms with E-state index in [1.54, 1.807) is 0 Å². The lowest BCUT2D eigenvalue weighted by molar-refractivity contribution is 0.0553. The zero-order valence-corrected chi connectivity index (χ0v) is 9.62. The highest BCUT2D eigenvalue weighted by Crippen LogP contribution is 2.25. The van der Waals surface area contributed by atoms with E-state index in [1.807, 2.05) is 39.0 Å². The van der Waals surface area contributed by atoms with Gasteiger partial charge in [-0.05, 0) is 32.4 Å². The summed E-state index contributed by atoms with van der Waals surface area (Å²) in [6.07, 6.45) is 0.239. The normalized spacial score (nSPS) is 10.7. The molecule has 0 unspecified atom stereocenters. The largest absolute Gasteiger partial charge is 0.489 e. The van der Waals surface area contributed by atoms with Gasteiger partial charge in [-0.3, -0.25) is 0 Å². The molecule has 0 saturated carbocycles. The van der Waals surface area contributed by atoms with Crippen LogP contribution in [-0.4, -0.2) is 19.3 Å². The van der Waals surface area contributed by atoms with Crippen LogP contribution in [0.1, 0.15) is 19.4 Å². The molecule has 0 radical (unpaired) electrons. The average Bonchev–Trinajstić information content (AvgIpc) is 2.15. The number of anilines is 1. The summed E-state index contributed by atoms with van der Waals surface area (Å²) in [5, 5.41) is 0. The summed E-state index contributed by atoms with van der Waals surface area (Å²) < 4.78 is 10.9. The van der Waals surface area contributed by atoms with E-state index in [1.165, 1.54) is 0 Å². The Balaban J connectivity index is 2.43. The molecule has 3 nitrogen and oxygen atoms in total. The van der Waals surface area contributed by atoms with Crippen molar-refractivity contribution >= 4 is 5.69 Å². The van der Waals surface area contributed by atoms with Gasteiger partial charge in [0.15, 0.2) is 0 Å². The second-order valence-electron chi connectivity index (χ2n) is 3.76. The molecule has 0 aliphatic heterocycles. The molecule has 0 bridgehead atoms. The predicted molar refractivity (Wildman–Crippen MR) is 62.2 cm³/mol. The van der Waals surface area contributed by atoms with E-state index in [-0.39, 0.29) is 6.10 Å². The Labute approximate surface area is 91.2 Å². The summed E-state index contributed by atoms with van der Waals surface area (Å²) in [4.78, 5) is 0. The summed E-state index contributed by atoms with van der Waals surface area (Å²) in [6, 6.07) is 5.74. The van der Waals surface area contributed by atoms with Crippen LogP contribution in [0.25, 0.3) is 0 Å². The predicted octanol–water partition coefficient (Wildman–Crippen LogP) is 2.38. The third-order valence-corrected chi connectivity index (χ3v) is 2.02. The number of nitrogens with two attached hydrogens (primary N) is 1. The Kier molecular flexibility index (Phi) is 4.43. The van der Waals surface area contributed by atoms with Gasteiger partial charge in [0.25, 0.3) is 0 Å². The third kappa shape index (κ3) is 3.80. The van der Waals surface area contributed by atoms with Crippen molar-refractivity contribution in [2.24, 2.45) is 0 Å². The molecule has 0 aliphatic rings. The molecule has 0 spiro atoms. The Morgan fingerprint density at radius 1 is 1.27 bits per heavy atom. The zero-order valence-electron chi connectivity index (χ0n) is 9.62. The van der Waals surface area contributed by atoms with Crippen LogP contribution in [0.3, 0.4) is 0 Å². The highest BCUT2D eigenvalue weighted by atomic mass is 16.5. The maximum Gasteiger partial charge on any atom is 0.145 e. The smallest absolute Gasteiger partial charge is 0.145 e. The number of hydrogen-bond donors (Lipinski definition) is 1. The number of ether oxygens (including phenoxy) is 2. The molecular weight excluding hydrogens is 190 g/mol. The lowest BCUT2D eigenvalue weighted by atomic mass is 10.2. The van der Waals surface area contributed by atoms with E-state index in [9.17, 15) is 0 Å². The highest BCUT2D eigenvalue weighted by molar-refractivity contribution is 5.56. The number of para-hydroxylation sites is 1. The van der Waals surface area contributed by atoms with Gasteiger partial charge in [0.05, 0.1) is 18.4 Å². The van der Waals surface area contributed by atoms with Crippen LogP contribution in [0, 0.1) is 6.92 Å². The SMILES string of the molecule is Cc1cccc(N)c1OCCOC(C)C. The molecule has 15 heavy (non-hydrogen) atoms. The molecule has 0 aliphatic carbocycles. The molecule has 0 aromatic heterocycles. The molecule has 1 aromatic carbocycles. The molecule has 0 heterocycles. The fourth-order valence-corrected chi connectivity index (χ4v) is 1.30. The van der Waals surface area contributed by atoms with Crippen LogP contribution >= 0.6 is 0 Å². The van der Waals surface area contributed by atoms with Crippen LogP contribution in [-0.2, 0) is 4.74 Å². The van der Waals surface area contributed by atoms with Crippen molar-refractivity contribution in [1.82, 2.24) is 0 Å². The summed E-state index contributed by atoms with van der Waals surface area (Å²) in [5.74, 6) is 0.768. The standard InChI is InChI=1S/C12H19NO2/c1-9(2)14-7-8-15-12-10(3)5-4-6-11(12)13/h4-6,9H,7-8,13H2,1-3H3. The summed E-state index contributed by atoms with van der Waals surface area (Å²) >= 11 is 0. The average molecular weight is 209 g/mol. The minimum absolute atomic E-state index is 0.239. The van der Waals surface area contributed by atoms with Crippen LogP contribution < -0.4 is 10.5 Å². The van der Waals surface area contributed by atoms with Crippen LogP contribution in [0.2, 0.25) is 0 Å². The number of rotatable bonds is 5. The summed E-state index contributed by atoms with van der Waals surface area (Å²) in [7, 11) is 0. The van der Waals surface area contributed by atoms with Crippen molar-refractivity contribution in [3.8, 4) is 5.75 Å². The van der Waals surface area contributed by atoms with Crippen molar-refractivity contribution in [3.63, 3.8) is 0 Å². The van der Waals surface area contributed by atoms with Crippen molar-refractivity contribution in [2.45, 2.75) is 26.9 Å². The molecule has 1 aromatic rings. The molecule has 0 amide bonds. The fraction of sp³-hybridized carbons (Fsp3) is 0.500. The molecule has 0 atom stereocenters. The van der Waals surface area contributed by atoms with Gasteiger partial charge in [-0.1, -0.05) is 12.1 Å². The number of aryl methyl sites for hydroxylation is 1. The zero-order chi connectivity index (χ0) is 11.3. The van der Waals surface area contributed by atoms with E-state index < -0.39 is 0 Å². The lowest BCUT2D eigenvalue weighted by Gasteiger charge is -2.12. The van der Waals surface area contributed by atoms with Gasteiger partial charge in [-0.2, -0.15) is 0 Å². The summed E-state index contributed by atoms with van der Waals surface area (Å²) in [5.41, 5.74) is 7.53. The van der Waals surface area contributed by atoms with Gasteiger partial charge in [0.2, 0.25) is 0 Å². The molecule has 84 valence electrons. The van der Waals surface area contributed by atoms with Crippen molar-refractivity contribution < 1.29 is 9.47 Å². The van der Waals surface area contributed by atoms with Gasteiger partial charge in [-0.15, -0.1) is 0 Å². The highest BCUT2D eigenvalue weighted by Gasteiger charge is 2.03. The molecule has 1 rings (SSSR count). The van der Waals surface area contributed by atoms with E-state index in [2.05, 4.69) is 0 Å². The molecule has 0 fully saturated rings. The topological polar surface area (TPSA) is 44.5 Å². The first-order chi connectivity index (χ1) is 7.11. The summed E-state index contributed by atoms with van der Waals surface area (Å²) in [6.45, 7) is 7.11. The minimum atomic E-state index is 0.239. The van der Waals surface area contributed by atoms with Crippen molar-refractivity contribution in [3.05, 3.63) is 23.8 Å². The van der Waals surface area contributed by atoms with Crippen LogP contribution in [0.5, 0.6) is 5.75 Å². The molecule has 2 N–H and O–H groups in total. The molecular formula is C12H19NO2. The van der Waals surface area contributed by atoms with E-state index in [4.69, 9.17) is 15.2 Å². The lowest BCUT2D eigenvalue weighted by Crippen LogP contribution is -2.12. The quantitative estimate of drug-likeness (QED) is 0.598. The first-order valence-electron chi connectivity index (χ1n) is 5.20. The van der Waals surface area contributed by atoms with E-state index in [0.717, 1.165) is 11.3 Å². The molecule has 3 heteroatoms. The van der Waals surface area contributed by atoms with Crippen molar-refractivity contribution in [2.75, 3.05) is 18.9 Å². The third-order valence-electron chi connectivity index (χ3n) is 2.02. The number of nitrogen functional groups attached to an aromatic ring is 1.